The monoisotopic (exact) mass is 276 g/mol. The molecular weight excluding hydrogens is 240 g/mol. The van der Waals surface area contributed by atoms with Crippen LogP contribution < -0.4 is 0 Å². The Morgan fingerprint density at radius 3 is 2.20 bits per heavy atom. The number of rotatable bonds is 2. The predicted molar refractivity (Wildman–Crippen MR) is 87.6 cm³/mol. The van der Waals surface area contributed by atoms with Gasteiger partial charge in [-0.25, -0.2) is 0 Å². The van der Waals surface area contributed by atoms with Gasteiger partial charge in [0.25, 0.3) is 0 Å². The molecule has 0 nitrogen and oxygen atoms in total. The number of fused-ring (bicyclic) bond motifs is 3. The van der Waals surface area contributed by atoms with E-state index in [0.29, 0.717) is 10.8 Å². The van der Waals surface area contributed by atoms with Gasteiger partial charge in [-0.1, -0.05) is 41.5 Å². The van der Waals surface area contributed by atoms with Crippen LogP contribution in [0.25, 0.3) is 0 Å². The molecule has 0 radical (unpaired) electrons. The molecule has 3 fully saturated rings. The summed E-state index contributed by atoms with van der Waals surface area (Å²) < 4.78 is 0. The fourth-order valence-electron chi connectivity index (χ4n) is 6.91. The van der Waals surface area contributed by atoms with E-state index in [0.717, 1.165) is 35.5 Å². The van der Waals surface area contributed by atoms with E-state index in [1.54, 1.807) is 0 Å². The van der Waals surface area contributed by atoms with Crippen molar-refractivity contribution in [3.05, 3.63) is 0 Å². The minimum absolute atomic E-state index is 0.615. The van der Waals surface area contributed by atoms with Crippen LogP contribution in [0.2, 0.25) is 0 Å². The molecule has 0 spiro atoms. The van der Waals surface area contributed by atoms with E-state index in [-0.39, 0.29) is 0 Å². The highest BCUT2D eigenvalue weighted by atomic mass is 14.7. The lowest BCUT2D eigenvalue weighted by atomic mass is 9.55. The van der Waals surface area contributed by atoms with Gasteiger partial charge in [0.05, 0.1) is 0 Å². The van der Waals surface area contributed by atoms with Gasteiger partial charge in [-0.05, 0) is 84.9 Å². The van der Waals surface area contributed by atoms with Crippen LogP contribution in [0.5, 0.6) is 0 Å². The van der Waals surface area contributed by atoms with Crippen LogP contribution in [0, 0.1) is 46.3 Å². The fraction of sp³-hybridized carbons (Fsp3) is 1.00. The third-order valence-electron chi connectivity index (χ3n) is 8.33. The third-order valence-corrected chi connectivity index (χ3v) is 8.33. The first-order chi connectivity index (χ1) is 9.29. The van der Waals surface area contributed by atoms with E-state index >= 15 is 0 Å². The summed E-state index contributed by atoms with van der Waals surface area (Å²) in [6.45, 7) is 15.3. The van der Waals surface area contributed by atoms with E-state index in [1.807, 2.05) is 0 Å². The van der Waals surface area contributed by atoms with E-state index in [4.69, 9.17) is 0 Å². The van der Waals surface area contributed by atoms with Crippen molar-refractivity contribution >= 4 is 0 Å². The maximum absolute atomic E-state index is 2.66. The summed E-state index contributed by atoms with van der Waals surface area (Å²) >= 11 is 0. The van der Waals surface area contributed by atoms with Gasteiger partial charge in [0.1, 0.15) is 0 Å². The highest BCUT2D eigenvalue weighted by Crippen LogP contribution is 2.69. The molecule has 20 heavy (non-hydrogen) atoms. The lowest BCUT2D eigenvalue weighted by Gasteiger charge is -2.50. The quantitative estimate of drug-likeness (QED) is 0.567. The fourth-order valence-corrected chi connectivity index (χ4v) is 6.91. The van der Waals surface area contributed by atoms with Crippen LogP contribution in [0.3, 0.4) is 0 Å². The number of hydrogen-bond acceptors (Lipinski definition) is 0. The molecular formula is C20H36. The van der Waals surface area contributed by atoms with Crippen molar-refractivity contribution < 1.29 is 0 Å². The molecule has 0 aromatic rings. The molecule has 3 rings (SSSR count). The molecule has 3 aliphatic carbocycles. The molecule has 116 valence electrons. The van der Waals surface area contributed by atoms with Gasteiger partial charge in [0.15, 0.2) is 0 Å². The van der Waals surface area contributed by atoms with Crippen molar-refractivity contribution in [1.29, 1.82) is 0 Å². The van der Waals surface area contributed by atoms with Crippen molar-refractivity contribution in [1.82, 2.24) is 0 Å². The largest absolute Gasteiger partial charge is 0.0628 e. The van der Waals surface area contributed by atoms with Gasteiger partial charge in [0, 0.05) is 0 Å². The summed E-state index contributed by atoms with van der Waals surface area (Å²) in [4.78, 5) is 0. The Morgan fingerprint density at radius 1 is 0.900 bits per heavy atom. The molecule has 0 aromatic heterocycles. The molecule has 0 aliphatic heterocycles. The minimum atomic E-state index is 0.615. The van der Waals surface area contributed by atoms with Crippen LogP contribution in [0.4, 0.5) is 0 Å². The Hall–Kier alpha value is 0. The average molecular weight is 277 g/mol. The van der Waals surface area contributed by atoms with Gasteiger partial charge in [-0.2, -0.15) is 0 Å². The molecule has 3 saturated carbocycles. The van der Waals surface area contributed by atoms with Crippen LogP contribution in [0.1, 0.15) is 80.1 Å². The van der Waals surface area contributed by atoms with Gasteiger partial charge in [0.2, 0.25) is 0 Å². The Balaban J connectivity index is 1.91. The minimum Gasteiger partial charge on any atom is -0.0628 e. The first kappa shape index (κ1) is 14.9. The molecule has 3 aliphatic rings. The highest BCUT2D eigenvalue weighted by molar-refractivity contribution is 5.10. The van der Waals surface area contributed by atoms with Crippen LogP contribution in [0.15, 0.2) is 0 Å². The van der Waals surface area contributed by atoms with E-state index in [1.165, 1.54) is 38.5 Å². The average Bonchev–Trinajstić information content (AvgIpc) is 2.79. The lowest BCUT2D eigenvalue weighted by molar-refractivity contribution is -0.00807. The topological polar surface area (TPSA) is 0 Å². The zero-order valence-corrected chi connectivity index (χ0v) is 14.7. The number of hydrogen-bond donors (Lipinski definition) is 0. The van der Waals surface area contributed by atoms with Crippen molar-refractivity contribution in [3.8, 4) is 0 Å². The Labute approximate surface area is 127 Å². The molecule has 0 heteroatoms. The SMILES string of the molecule is CC(C)CC1(C)C(C)CCC2C1CC1(C)C(C)CCC21. The zero-order chi connectivity index (χ0) is 14.7. The van der Waals surface area contributed by atoms with Crippen molar-refractivity contribution in [2.45, 2.75) is 80.1 Å². The van der Waals surface area contributed by atoms with Crippen molar-refractivity contribution in [2.24, 2.45) is 46.3 Å². The molecule has 7 unspecified atom stereocenters. The van der Waals surface area contributed by atoms with Crippen LogP contribution >= 0.6 is 0 Å². The van der Waals surface area contributed by atoms with Crippen LogP contribution in [-0.4, -0.2) is 0 Å². The van der Waals surface area contributed by atoms with Gasteiger partial charge in [-0.3, -0.25) is 0 Å². The smallest absolute Gasteiger partial charge is 0.0266 e. The Kier molecular flexibility index (Phi) is 3.54. The van der Waals surface area contributed by atoms with E-state index < -0.39 is 0 Å². The van der Waals surface area contributed by atoms with Crippen molar-refractivity contribution in [3.63, 3.8) is 0 Å². The summed E-state index contributed by atoms with van der Waals surface area (Å²) in [5.41, 5.74) is 1.29. The standard InChI is InChI=1S/C20H36/c1-13(2)11-19(5)14(3)7-9-16-17-10-8-15(4)20(17,6)12-18(16)19/h13-18H,7-12H2,1-6H3. The summed E-state index contributed by atoms with van der Waals surface area (Å²) in [5.74, 6) is 5.89. The van der Waals surface area contributed by atoms with E-state index in [9.17, 15) is 0 Å². The molecule has 7 atom stereocenters. The van der Waals surface area contributed by atoms with Crippen molar-refractivity contribution in [2.75, 3.05) is 0 Å². The van der Waals surface area contributed by atoms with Crippen LogP contribution in [-0.2, 0) is 0 Å². The van der Waals surface area contributed by atoms with E-state index in [2.05, 4.69) is 41.5 Å². The Bertz CT molecular complexity index is 370. The second-order valence-corrected chi connectivity index (χ2v) is 9.65. The highest BCUT2D eigenvalue weighted by Gasteiger charge is 2.61. The Morgan fingerprint density at radius 2 is 1.55 bits per heavy atom. The molecule has 0 heterocycles. The lowest BCUT2D eigenvalue weighted by Crippen LogP contribution is -2.42. The zero-order valence-electron chi connectivity index (χ0n) is 14.7. The first-order valence-electron chi connectivity index (χ1n) is 9.29. The first-order valence-corrected chi connectivity index (χ1v) is 9.29. The summed E-state index contributed by atoms with van der Waals surface area (Å²) in [5, 5.41) is 0. The van der Waals surface area contributed by atoms with Gasteiger partial charge < -0.3 is 0 Å². The molecule has 0 amide bonds. The predicted octanol–water partition coefficient (Wildman–Crippen LogP) is 6.16. The third kappa shape index (κ3) is 1.92. The second kappa shape index (κ2) is 4.75. The summed E-state index contributed by atoms with van der Waals surface area (Å²) in [7, 11) is 0. The molecule has 0 bridgehead atoms. The summed E-state index contributed by atoms with van der Waals surface area (Å²) in [6.07, 6.45) is 9.05. The normalized spacial score (nSPS) is 55.0. The molecule has 0 aromatic carbocycles. The molecule has 0 saturated heterocycles. The maximum Gasteiger partial charge on any atom is -0.0266 e. The summed E-state index contributed by atoms with van der Waals surface area (Å²) in [6, 6.07) is 0. The maximum atomic E-state index is 2.66. The second-order valence-electron chi connectivity index (χ2n) is 9.65. The van der Waals surface area contributed by atoms with Gasteiger partial charge >= 0.3 is 0 Å². The molecule has 0 N–H and O–H groups in total. The van der Waals surface area contributed by atoms with Gasteiger partial charge in [-0.15, -0.1) is 0 Å².